The lowest BCUT2D eigenvalue weighted by molar-refractivity contribution is -0.144. The first kappa shape index (κ1) is 23.6. The van der Waals surface area contributed by atoms with E-state index in [-0.39, 0.29) is 41.1 Å². The van der Waals surface area contributed by atoms with Gasteiger partial charge in [-0.3, -0.25) is 4.79 Å². The van der Waals surface area contributed by atoms with Gasteiger partial charge < -0.3 is 23.4 Å². The predicted octanol–water partition coefficient (Wildman–Crippen LogP) is 4.57. The van der Waals surface area contributed by atoms with Gasteiger partial charge in [0, 0.05) is 6.07 Å². The highest BCUT2D eigenvalue weighted by Gasteiger charge is 2.16. The Morgan fingerprint density at radius 2 is 1.79 bits per heavy atom. The van der Waals surface area contributed by atoms with Crippen molar-refractivity contribution in [3.63, 3.8) is 0 Å². The first-order chi connectivity index (χ1) is 15.9. The van der Waals surface area contributed by atoms with E-state index < -0.39 is 11.9 Å². The third kappa shape index (κ3) is 6.00. The summed E-state index contributed by atoms with van der Waals surface area (Å²) in [6.07, 6.45) is 2.20. The van der Waals surface area contributed by atoms with Crippen LogP contribution in [0.5, 0.6) is 17.2 Å². The van der Waals surface area contributed by atoms with Crippen molar-refractivity contribution in [3.8, 4) is 17.2 Å². The highest BCUT2D eigenvalue weighted by Crippen LogP contribution is 2.27. The molecule has 1 heterocycles. The SMILES string of the molecule is C=CCOC(=O)COc1ccc2c(=O)c(Oc3ccc(C(=O)OCCC)cc3)c(C)oc2c1. The summed E-state index contributed by atoms with van der Waals surface area (Å²) in [5, 5.41) is 0.289. The third-order valence-electron chi connectivity index (χ3n) is 4.45. The number of fused-ring (bicyclic) bond motifs is 1. The first-order valence-corrected chi connectivity index (χ1v) is 10.3. The molecule has 0 aliphatic rings. The summed E-state index contributed by atoms with van der Waals surface area (Å²) < 4.78 is 26.8. The molecular weight excluding hydrogens is 428 g/mol. The molecule has 0 amide bonds. The van der Waals surface area contributed by atoms with Crippen molar-refractivity contribution < 1.29 is 33.0 Å². The Labute approximate surface area is 190 Å². The summed E-state index contributed by atoms with van der Waals surface area (Å²) in [7, 11) is 0. The summed E-state index contributed by atoms with van der Waals surface area (Å²) in [6.45, 7) is 7.15. The van der Waals surface area contributed by atoms with Gasteiger partial charge in [0.15, 0.2) is 6.61 Å². The molecule has 0 atom stereocenters. The minimum Gasteiger partial charge on any atom is -0.482 e. The molecule has 0 saturated heterocycles. The molecule has 33 heavy (non-hydrogen) atoms. The Bertz CT molecular complexity index is 1210. The van der Waals surface area contributed by atoms with Crippen molar-refractivity contribution in [2.24, 2.45) is 0 Å². The van der Waals surface area contributed by atoms with E-state index in [0.717, 1.165) is 6.42 Å². The van der Waals surface area contributed by atoms with Crippen LogP contribution in [0.15, 0.2) is 64.3 Å². The standard InChI is InChI=1S/C25H24O8/c1-4-12-29-22(26)15-31-19-10-11-20-21(14-19)32-16(3)24(23(20)27)33-18-8-6-17(7-9-18)25(28)30-13-5-2/h4,6-11,14H,1,5,12-13,15H2,2-3H3. The fourth-order valence-electron chi connectivity index (χ4n) is 2.87. The Kier molecular flexibility index (Phi) is 7.86. The lowest BCUT2D eigenvalue weighted by Gasteiger charge is -2.10. The van der Waals surface area contributed by atoms with E-state index in [2.05, 4.69) is 6.58 Å². The van der Waals surface area contributed by atoms with Gasteiger partial charge in [-0.05, 0) is 49.7 Å². The number of esters is 2. The van der Waals surface area contributed by atoms with Crippen LogP contribution in [-0.2, 0) is 14.3 Å². The van der Waals surface area contributed by atoms with Gasteiger partial charge in [-0.2, -0.15) is 0 Å². The maximum absolute atomic E-state index is 13.0. The van der Waals surface area contributed by atoms with Crippen LogP contribution in [0, 0.1) is 6.92 Å². The summed E-state index contributed by atoms with van der Waals surface area (Å²) in [6, 6.07) is 10.9. The minimum absolute atomic E-state index is 0.0329. The van der Waals surface area contributed by atoms with Crippen LogP contribution in [0.3, 0.4) is 0 Å². The van der Waals surface area contributed by atoms with Crippen molar-refractivity contribution in [1.29, 1.82) is 0 Å². The second-order valence-electron chi connectivity index (χ2n) is 7.00. The van der Waals surface area contributed by atoms with Crippen LogP contribution in [0.2, 0.25) is 0 Å². The average molecular weight is 452 g/mol. The lowest BCUT2D eigenvalue weighted by atomic mass is 10.2. The van der Waals surface area contributed by atoms with E-state index in [1.165, 1.54) is 18.2 Å². The molecule has 0 unspecified atom stereocenters. The van der Waals surface area contributed by atoms with Crippen molar-refractivity contribution >= 4 is 22.9 Å². The molecule has 0 aliphatic heterocycles. The monoisotopic (exact) mass is 452 g/mol. The van der Waals surface area contributed by atoms with Gasteiger partial charge in [0.25, 0.3) is 0 Å². The number of ether oxygens (including phenoxy) is 4. The topological polar surface area (TPSA) is 101 Å². The second kappa shape index (κ2) is 11.0. The zero-order chi connectivity index (χ0) is 23.8. The van der Waals surface area contributed by atoms with Crippen molar-refractivity contribution in [3.05, 3.63) is 76.7 Å². The Morgan fingerprint density at radius 1 is 1.06 bits per heavy atom. The van der Waals surface area contributed by atoms with Crippen LogP contribution in [0.1, 0.15) is 29.5 Å². The van der Waals surface area contributed by atoms with Gasteiger partial charge in [-0.25, -0.2) is 9.59 Å². The molecule has 0 radical (unpaired) electrons. The quantitative estimate of drug-likeness (QED) is 0.326. The fourth-order valence-corrected chi connectivity index (χ4v) is 2.87. The smallest absolute Gasteiger partial charge is 0.344 e. The molecule has 0 saturated carbocycles. The van der Waals surface area contributed by atoms with E-state index in [0.29, 0.717) is 23.7 Å². The lowest BCUT2D eigenvalue weighted by Crippen LogP contribution is -2.15. The molecule has 0 N–H and O–H groups in total. The first-order valence-electron chi connectivity index (χ1n) is 10.3. The average Bonchev–Trinajstić information content (AvgIpc) is 2.82. The van der Waals surface area contributed by atoms with Gasteiger partial charge in [0.1, 0.15) is 29.4 Å². The summed E-state index contributed by atoms with van der Waals surface area (Å²) in [4.78, 5) is 36.4. The minimum atomic E-state index is -0.541. The molecule has 1 aromatic heterocycles. The summed E-state index contributed by atoms with van der Waals surface area (Å²) in [5.41, 5.74) is 0.312. The molecule has 8 heteroatoms. The van der Waals surface area contributed by atoms with Crippen LogP contribution in [0.25, 0.3) is 11.0 Å². The number of benzene rings is 2. The van der Waals surface area contributed by atoms with Crippen molar-refractivity contribution in [1.82, 2.24) is 0 Å². The van der Waals surface area contributed by atoms with Crippen molar-refractivity contribution in [2.75, 3.05) is 19.8 Å². The maximum Gasteiger partial charge on any atom is 0.344 e. The van der Waals surface area contributed by atoms with E-state index in [1.807, 2.05) is 6.92 Å². The number of carbonyl (C=O) groups excluding carboxylic acids is 2. The number of hydrogen-bond acceptors (Lipinski definition) is 8. The summed E-state index contributed by atoms with van der Waals surface area (Å²) in [5.74, 6) is 0.0550. The Hall–Kier alpha value is -4.07. The summed E-state index contributed by atoms with van der Waals surface area (Å²) >= 11 is 0. The third-order valence-corrected chi connectivity index (χ3v) is 4.45. The molecule has 0 aliphatic carbocycles. The maximum atomic E-state index is 13.0. The van der Waals surface area contributed by atoms with Crippen molar-refractivity contribution in [2.45, 2.75) is 20.3 Å². The van der Waals surface area contributed by atoms with Gasteiger partial charge in [0.2, 0.25) is 11.2 Å². The molecule has 0 bridgehead atoms. The van der Waals surface area contributed by atoms with Crippen LogP contribution < -0.4 is 14.9 Å². The van der Waals surface area contributed by atoms with Gasteiger partial charge >= 0.3 is 11.9 Å². The fraction of sp³-hybridized carbons (Fsp3) is 0.240. The van der Waals surface area contributed by atoms with Crippen LogP contribution in [-0.4, -0.2) is 31.8 Å². The largest absolute Gasteiger partial charge is 0.482 e. The molecule has 0 fully saturated rings. The van der Waals surface area contributed by atoms with Crippen LogP contribution >= 0.6 is 0 Å². The number of aryl methyl sites for hydroxylation is 1. The highest BCUT2D eigenvalue weighted by molar-refractivity contribution is 5.89. The van der Waals surface area contributed by atoms with E-state index in [4.69, 9.17) is 23.4 Å². The predicted molar refractivity (Wildman–Crippen MR) is 121 cm³/mol. The molecule has 3 aromatic rings. The normalized spacial score (nSPS) is 10.5. The molecule has 8 nitrogen and oxygen atoms in total. The van der Waals surface area contributed by atoms with Gasteiger partial charge in [-0.15, -0.1) is 0 Å². The molecule has 3 rings (SSSR count). The number of carbonyl (C=O) groups is 2. The molecule has 0 spiro atoms. The van der Waals surface area contributed by atoms with Crippen LogP contribution in [0.4, 0.5) is 0 Å². The zero-order valence-electron chi connectivity index (χ0n) is 18.4. The van der Waals surface area contributed by atoms with E-state index in [1.54, 1.807) is 37.3 Å². The number of rotatable bonds is 10. The van der Waals surface area contributed by atoms with E-state index in [9.17, 15) is 14.4 Å². The Morgan fingerprint density at radius 3 is 2.48 bits per heavy atom. The zero-order valence-corrected chi connectivity index (χ0v) is 18.4. The second-order valence-corrected chi connectivity index (χ2v) is 7.00. The van der Waals surface area contributed by atoms with E-state index >= 15 is 0 Å². The Balaban J connectivity index is 1.76. The molecule has 172 valence electrons. The van der Waals surface area contributed by atoms with Gasteiger partial charge in [0.05, 0.1) is 17.6 Å². The number of hydrogen-bond donors (Lipinski definition) is 0. The molecular formula is C25H24O8. The highest BCUT2D eigenvalue weighted by atomic mass is 16.6. The molecule has 2 aromatic carbocycles. The van der Waals surface area contributed by atoms with Gasteiger partial charge in [-0.1, -0.05) is 19.6 Å².